The number of aryl methyl sites for hydroxylation is 1. The summed E-state index contributed by atoms with van der Waals surface area (Å²) in [5.41, 5.74) is 5.62. The van der Waals surface area contributed by atoms with Crippen molar-refractivity contribution >= 4 is 24.1 Å². The minimum Gasteiger partial charge on any atom is -0.320 e. The van der Waals surface area contributed by atoms with Crippen molar-refractivity contribution in [1.29, 1.82) is 0 Å². The maximum absolute atomic E-state index is 11.5. The van der Waals surface area contributed by atoms with Gasteiger partial charge in [0.05, 0.1) is 12.2 Å². The molecule has 0 radical (unpaired) electrons. The summed E-state index contributed by atoms with van der Waals surface area (Å²) in [5, 5.41) is 6.87. The van der Waals surface area contributed by atoms with Crippen LogP contribution in [0.25, 0.3) is 0 Å². The van der Waals surface area contributed by atoms with Crippen molar-refractivity contribution in [1.82, 2.24) is 9.78 Å². The predicted molar refractivity (Wildman–Crippen MR) is 66.7 cm³/mol. The van der Waals surface area contributed by atoms with E-state index < -0.39 is 6.04 Å². The molecule has 92 valence electrons. The fourth-order valence-corrected chi connectivity index (χ4v) is 1.23. The highest BCUT2D eigenvalue weighted by molar-refractivity contribution is 5.93. The number of nitrogens with one attached hydrogen (secondary N) is 1. The first-order valence-corrected chi connectivity index (χ1v) is 5.27. The molecule has 0 saturated carbocycles. The van der Waals surface area contributed by atoms with Gasteiger partial charge in [-0.3, -0.25) is 4.79 Å². The Bertz CT molecular complexity index is 326. The van der Waals surface area contributed by atoms with Gasteiger partial charge in [-0.05, 0) is 12.8 Å². The van der Waals surface area contributed by atoms with E-state index in [-0.39, 0.29) is 18.3 Å². The molecule has 3 N–H and O–H groups in total. The van der Waals surface area contributed by atoms with Crippen LogP contribution >= 0.6 is 12.4 Å². The standard InChI is InChI=1S/C10H18N4O.ClH/c1-3-7-14-9(5-6-12-14)13-10(15)8(11)4-2;/h5-6,8H,3-4,7,11H2,1-2H3,(H,13,15);1H/t8-;/m0./s1. The third-order valence-electron chi connectivity index (χ3n) is 2.18. The fourth-order valence-electron chi connectivity index (χ4n) is 1.23. The molecule has 0 fully saturated rings. The minimum absolute atomic E-state index is 0. The number of amides is 1. The number of nitrogens with zero attached hydrogens (tertiary/aromatic N) is 2. The van der Waals surface area contributed by atoms with Crippen molar-refractivity contribution in [2.45, 2.75) is 39.3 Å². The Morgan fingerprint density at radius 1 is 1.62 bits per heavy atom. The Kier molecular flexibility index (Phi) is 6.76. The highest BCUT2D eigenvalue weighted by Crippen LogP contribution is 2.07. The molecule has 0 unspecified atom stereocenters. The first-order valence-electron chi connectivity index (χ1n) is 5.27. The second-order valence-corrected chi connectivity index (χ2v) is 3.44. The van der Waals surface area contributed by atoms with Gasteiger partial charge >= 0.3 is 0 Å². The Morgan fingerprint density at radius 2 is 2.31 bits per heavy atom. The quantitative estimate of drug-likeness (QED) is 0.825. The lowest BCUT2D eigenvalue weighted by Gasteiger charge is -2.11. The Morgan fingerprint density at radius 3 is 2.88 bits per heavy atom. The van der Waals surface area contributed by atoms with Crippen molar-refractivity contribution in [2.75, 3.05) is 5.32 Å². The molecule has 6 heteroatoms. The number of hydrogen-bond donors (Lipinski definition) is 2. The van der Waals surface area contributed by atoms with Crippen LogP contribution in [0.15, 0.2) is 12.3 Å². The van der Waals surface area contributed by atoms with E-state index >= 15 is 0 Å². The molecule has 1 aromatic heterocycles. The topological polar surface area (TPSA) is 72.9 Å². The number of halogens is 1. The van der Waals surface area contributed by atoms with Gasteiger partial charge < -0.3 is 11.1 Å². The molecule has 1 aromatic rings. The lowest BCUT2D eigenvalue weighted by molar-refractivity contribution is -0.117. The molecule has 1 rings (SSSR count). The molecule has 0 aliphatic rings. The van der Waals surface area contributed by atoms with E-state index in [1.54, 1.807) is 16.9 Å². The average Bonchev–Trinajstić information content (AvgIpc) is 2.65. The van der Waals surface area contributed by atoms with Gasteiger partial charge in [0, 0.05) is 12.6 Å². The van der Waals surface area contributed by atoms with E-state index in [1.165, 1.54) is 0 Å². The molecule has 5 nitrogen and oxygen atoms in total. The Hall–Kier alpha value is -1.07. The summed E-state index contributed by atoms with van der Waals surface area (Å²) in [4.78, 5) is 11.5. The molecular formula is C10H19ClN4O. The third kappa shape index (κ3) is 3.83. The number of aromatic nitrogens is 2. The van der Waals surface area contributed by atoms with Gasteiger partial charge in [-0.15, -0.1) is 12.4 Å². The summed E-state index contributed by atoms with van der Waals surface area (Å²) in [6.45, 7) is 4.74. The molecule has 1 heterocycles. The summed E-state index contributed by atoms with van der Waals surface area (Å²) in [6.07, 6.45) is 3.28. The maximum Gasteiger partial charge on any atom is 0.242 e. The van der Waals surface area contributed by atoms with Crippen LogP contribution in [0.4, 0.5) is 5.82 Å². The van der Waals surface area contributed by atoms with Gasteiger partial charge in [0.1, 0.15) is 5.82 Å². The third-order valence-corrected chi connectivity index (χ3v) is 2.18. The lowest BCUT2D eigenvalue weighted by atomic mass is 10.2. The van der Waals surface area contributed by atoms with Crippen LogP contribution in [-0.2, 0) is 11.3 Å². The number of rotatable bonds is 5. The van der Waals surface area contributed by atoms with Crippen molar-refractivity contribution < 1.29 is 4.79 Å². The number of carbonyl (C=O) groups excluding carboxylic acids is 1. The van der Waals surface area contributed by atoms with Crippen molar-refractivity contribution in [3.63, 3.8) is 0 Å². The molecular weight excluding hydrogens is 228 g/mol. The molecule has 16 heavy (non-hydrogen) atoms. The fraction of sp³-hybridized carbons (Fsp3) is 0.600. The highest BCUT2D eigenvalue weighted by Gasteiger charge is 2.12. The van der Waals surface area contributed by atoms with Gasteiger partial charge in [0.15, 0.2) is 0 Å². The van der Waals surface area contributed by atoms with Crippen LogP contribution < -0.4 is 11.1 Å². The summed E-state index contributed by atoms with van der Waals surface area (Å²) < 4.78 is 1.76. The van der Waals surface area contributed by atoms with Gasteiger partial charge in [-0.25, -0.2) is 4.68 Å². The van der Waals surface area contributed by atoms with Crippen LogP contribution in [0.1, 0.15) is 26.7 Å². The molecule has 0 spiro atoms. The van der Waals surface area contributed by atoms with Crippen molar-refractivity contribution in [3.8, 4) is 0 Å². The summed E-state index contributed by atoms with van der Waals surface area (Å²) in [7, 11) is 0. The molecule has 0 aliphatic heterocycles. The maximum atomic E-state index is 11.5. The zero-order valence-corrected chi connectivity index (χ0v) is 10.5. The number of anilines is 1. The minimum atomic E-state index is -0.449. The first-order chi connectivity index (χ1) is 7.19. The van der Waals surface area contributed by atoms with Gasteiger partial charge in [0.2, 0.25) is 5.91 Å². The lowest BCUT2D eigenvalue weighted by Crippen LogP contribution is -2.35. The largest absolute Gasteiger partial charge is 0.320 e. The average molecular weight is 247 g/mol. The first kappa shape index (κ1) is 14.9. The van der Waals surface area contributed by atoms with Gasteiger partial charge in [-0.2, -0.15) is 5.10 Å². The molecule has 0 bridgehead atoms. The van der Waals surface area contributed by atoms with E-state index in [0.29, 0.717) is 12.2 Å². The molecule has 0 aromatic carbocycles. The Labute approximate surface area is 102 Å². The molecule has 1 atom stereocenters. The van der Waals surface area contributed by atoms with Gasteiger partial charge in [-0.1, -0.05) is 13.8 Å². The van der Waals surface area contributed by atoms with E-state index in [2.05, 4.69) is 17.3 Å². The van der Waals surface area contributed by atoms with Crippen LogP contribution in [0.2, 0.25) is 0 Å². The molecule has 1 amide bonds. The highest BCUT2D eigenvalue weighted by atomic mass is 35.5. The number of nitrogens with two attached hydrogens (primary N) is 1. The van der Waals surface area contributed by atoms with Crippen LogP contribution in [0, 0.1) is 0 Å². The van der Waals surface area contributed by atoms with Crippen LogP contribution in [-0.4, -0.2) is 21.7 Å². The Balaban J connectivity index is 0.00000225. The number of hydrogen-bond acceptors (Lipinski definition) is 3. The molecule has 0 saturated heterocycles. The zero-order chi connectivity index (χ0) is 11.3. The zero-order valence-electron chi connectivity index (χ0n) is 9.64. The van der Waals surface area contributed by atoms with Crippen LogP contribution in [0.5, 0.6) is 0 Å². The van der Waals surface area contributed by atoms with Crippen LogP contribution in [0.3, 0.4) is 0 Å². The van der Waals surface area contributed by atoms with Crippen molar-refractivity contribution in [3.05, 3.63) is 12.3 Å². The predicted octanol–water partition coefficient (Wildman–Crippen LogP) is 1.39. The second-order valence-electron chi connectivity index (χ2n) is 3.44. The van der Waals surface area contributed by atoms with Crippen molar-refractivity contribution in [2.24, 2.45) is 5.73 Å². The second kappa shape index (κ2) is 7.24. The van der Waals surface area contributed by atoms with E-state index in [1.807, 2.05) is 6.92 Å². The summed E-state index contributed by atoms with van der Waals surface area (Å²) in [5.74, 6) is 0.557. The summed E-state index contributed by atoms with van der Waals surface area (Å²) >= 11 is 0. The smallest absolute Gasteiger partial charge is 0.242 e. The molecule has 0 aliphatic carbocycles. The van der Waals surface area contributed by atoms with E-state index in [4.69, 9.17) is 5.73 Å². The van der Waals surface area contributed by atoms with Gasteiger partial charge in [0.25, 0.3) is 0 Å². The summed E-state index contributed by atoms with van der Waals surface area (Å²) in [6, 6.07) is 1.32. The van der Waals surface area contributed by atoms with E-state index in [0.717, 1.165) is 13.0 Å². The monoisotopic (exact) mass is 246 g/mol. The number of carbonyl (C=O) groups is 1. The SMILES string of the molecule is CCCn1nccc1NC(=O)[C@@H](N)CC.Cl. The normalized spacial score (nSPS) is 11.7. The van der Waals surface area contributed by atoms with E-state index in [9.17, 15) is 4.79 Å².